The van der Waals surface area contributed by atoms with E-state index in [4.69, 9.17) is 16.3 Å². The lowest BCUT2D eigenvalue weighted by Crippen LogP contribution is -2.48. The summed E-state index contributed by atoms with van der Waals surface area (Å²) >= 11 is 6.02. The molecule has 0 unspecified atom stereocenters. The molecule has 1 saturated heterocycles. The van der Waals surface area contributed by atoms with Crippen molar-refractivity contribution in [2.24, 2.45) is 5.92 Å². The Morgan fingerprint density at radius 1 is 1.08 bits per heavy atom. The summed E-state index contributed by atoms with van der Waals surface area (Å²) in [5, 5.41) is 4.04. The number of ether oxygens (including phenoxy) is 1. The minimum Gasteiger partial charge on any atom is -0.370 e. The van der Waals surface area contributed by atoms with Crippen LogP contribution in [0.4, 0.5) is 0 Å². The number of amides is 1. The van der Waals surface area contributed by atoms with Gasteiger partial charge < -0.3 is 10.1 Å². The second-order valence-electron chi connectivity index (χ2n) is 7.38. The van der Waals surface area contributed by atoms with Gasteiger partial charge in [0.25, 0.3) is 0 Å². The van der Waals surface area contributed by atoms with E-state index in [1.807, 2.05) is 54.6 Å². The van der Waals surface area contributed by atoms with Gasteiger partial charge >= 0.3 is 0 Å². The number of hydrogen-bond acceptors (Lipinski definition) is 2. The van der Waals surface area contributed by atoms with E-state index >= 15 is 0 Å². The molecule has 2 aliphatic rings. The van der Waals surface area contributed by atoms with Gasteiger partial charge in [-0.1, -0.05) is 60.5 Å². The van der Waals surface area contributed by atoms with E-state index in [0.29, 0.717) is 12.3 Å². The largest absolute Gasteiger partial charge is 0.370 e. The molecule has 0 spiro atoms. The van der Waals surface area contributed by atoms with Crippen LogP contribution in [0, 0.1) is 5.92 Å². The first-order valence-electron chi connectivity index (χ1n) is 9.43. The summed E-state index contributed by atoms with van der Waals surface area (Å²) in [4.78, 5) is 12.6. The lowest BCUT2D eigenvalue weighted by molar-refractivity contribution is -0.126. The van der Waals surface area contributed by atoms with Gasteiger partial charge in [0.2, 0.25) is 5.91 Å². The first-order valence-corrected chi connectivity index (χ1v) is 9.81. The zero-order valence-electron chi connectivity index (χ0n) is 14.7. The van der Waals surface area contributed by atoms with Crippen molar-refractivity contribution in [3.8, 4) is 0 Å². The molecule has 1 amide bonds. The van der Waals surface area contributed by atoms with E-state index in [9.17, 15) is 4.79 Å². The number of carbonyl (C=O) groups excluding carboxylic acids is 1. The fraction of sp³-hybridized carbons (Fsp3) is 0.409. The molecule has 4 rings (SSSR count). The molecule has 4 atom stereocenters. The van der Waals surface area contributed by atoms with E-state index in [2.05, 4.69) is 5.32 Å². The molecule has 4 heteroatoms. The molecule has 2 aromatic rings. The zero-order valence-corrected chi connectivity index (χ0v) is 15.5. The molecule has 1 N–H and O–H groups in total. The van der Waals surface area contributed by atoms with E-state index in [1.54, 1.807) is 0 Å². The van der Waals surface area contributed by atoms with Crippen LogP contribution in [0.3, 0.4) is 0 Å². The molecule has 0 aromatic heterocycles. The van der Waals surface area contributed by atoms with Gasteiger partial charge in [0.1, 0.15) is 0 Å². The number of fused-ring (bicyclic) bond motifs is 1. The summed E-state index contributed by atoms with van der Waals surface area (Å²) in [7, 11) is 0. The third kappa shape index (κ3) is 3.94. The zero-order chi connectivity index (χ0) is 17.9. The fourth-order valence-electron chi connectivity index (χ4n) is 4.35. The molecule has 0 bridgehead atoms. The molecule has 1 aliphatic carbocycles. The maximum absolute atomic E-state index is 12.6. The van der Waals surface area contributed by atoms with E-state index in [0.717, 1.165) is 35.4 Å². The SMILES string of the molecule is O=C(Cc1ccccc1)N[C@@H]1C[C@H](c2ccc(Cl)cc2)O[C@@H]2CCC[C@@H]12. The van der Waals surface area contributed by atoms with Crippen molar-refractivity contribution >= 4 is 17.5 Å². The Morgan fingerprint density at radius 3 is 2.62 bits per heavy atom. The maximum atomic E-state index is 12.6. The number of rotatable bonds is 4. The van der Waals surface area contributed by atoms with Crippen molar-refractivity contribution in [2.45, 2.75) is 50.4 Å². The van der Waals surface area contributed by atoms with Gasteiger partial charge in [-0.2, -0.15) is 0 Å². The third-order valence-corrected chi connectivity index (χ3v) is 5.88. The summed E-state index contributed by atoms with van der Waals surface area (Å²) in [5.41, 5.74) is 2.19. The number of carbonyl (C=O) groups is 1. The Morgan fingerprint density at radius 2 is 1.85 bits per heavy atom. The number of benzene rings is 2. The van der Waals surface area contributed by atoms with Gasteiger partial charge in [-0.05, 0) is 42.5 Å². The first-order chi connectivity index (χ1) is 12.7. The molecule has 3 nitrogen and oxygen atoms in total. The quantitative estimate of drug-likeness (QED) is 0.848. The van der Waals surface area contributed by atoms with Gasteiger partial charge in [-0.25, -0.2) is 0 Å². The monoisotopic (exact) mass is 369 g/mol. The second kappa shape index (κ2) is 7.81. The Labute approximate surface area is 159 Å². The van der Waals surface area contributed by atoms with Gasteiger partial charge in [-0.15, -0.1) is 0 Å². The van der Waals surface area contributed by atoms with E-state index in [1.165, 1.54) is 6.42 Å². The number of halogens is 1. The van der Waals surface area contributed by atoms with Crippen molar-refractivity contribution in [3.63, 3.8) is 0 Å². The topological polar surface area (TPSA) is 38.3 Å². The van der Waals surface area contributed by atoms with Crippen molar-refractivity contribution in [2.75, 3.05) is 0 Å². The van der Waals surface area contributed by atoms with Crippen LogP contribution in [0.2, 0.25) is 5.02 Å². The standard InChI is InChI=1S/C22H24ClNO2/c23-17-11-9-16(10-12-17)21-14-19(18-7-4-8-20(18)26-21)24-22(25)13-15-5-2-1-3-6-15/h1-3,5-6,9-12,18-21H,4,7-8,13-14H2,(H,24,25)/t18-,19+,20+,21+/m0/s1. The number of hydrogen-bond donors (Lipinski definition) is 1. The average molecular weight is 370 g/mol. The van der Waals surface area contributed by atoms with Crippen LogP contribution >= 0.6 is 11.6 Å². The lowest BCUT2D eigenvalue weighted by Gasteiger charge is -2.39. The van der Waals surface area contributed by atoms with Crippen molar-refractivity contribution in [1.29, 1.82) is 0 Å². The predicted molar refractivity (Wildman–Crippen MR) is 103 cm³/mol. The fourth-order valence-corrected chi connectivity index (χ4v) is 4.48. The highest BCUT2D eigenvalue weighted by Gasteiger charge is 2.42. The van der Waals surface area contributed by atoms with Gasteiger partial charge in [0, 0.05) is 17.0 Å². The summed E-state index contributed by atoms with van der Waals surface area (Å²) in [6.45, 7) is 0. The van der Waals surface area contributed by atoms with Crippen molar-refractivity contribution < 1.29 is 9.53 Å². The van der Waals surface area contributed by atoms with Crippen LogP contribution in [-0.2, 0) is 16.0 Å². The molecule has 26 heavy (non-hydrogen) atoms. The number of nitrogens with one attached hydrogen (secondary N) is 1. The first kappa shape index (κ1) is 17.6. The summed E-state index contributed by atoms with van der Waals surface area (Å²) in [6, 6.07) is 18.0. The predicted octanol–water partition coefficient (Wildman–Crippen LogP) is 4.70. The minimum absolute atomic E-state index is 0.0219. The molecular formula is C22H24ClNO2. The highest BCUT2D eigenvalue weighted by Crippen LogP contribution is 2.42. The van der Waals surface area contributed by atoms with Crippen LogP contribution in [0.5, 0.6) is 0 Å². The molecular weight excluding hydrogens is 346 g/mol. The normalized spacial score (nSPS) is 27.7. The van der Waals surface area contributed by atoms with Crippen molar-refractivity contribution in [3.05, 3.63) is 70.7 Å². The van der Waals surface area contributed by atoms with Crippen LogP contribution in [0.15, 0.2) is 54.6 Å². The molecule has 2 aromatic carbocycles. The minimum atomic E-state index is 0.0219. The maximum Gasteiger partial charge on any atom is 0.224 e. The Hall–Kier alpha value is -1.84. The molecule has 1 aliphatic heterocycles. The molecule has 2 fully saturated rings. The molecule has 0 radical (unpaired) electrons. The lowest BCUT2D eigenvalue weighted by atomic mass is 9.86. The Bertz CT molecular complexity index is 746. The molecule has 1 heterocycles. The summed E-state index contributed by atoms with van der Waals surface area (Å²) in [5.74, 6) is 0.530. The van der Waals surface area contributed by atoms with Gasteiger partial charge in [0.15, 0.2) is 0 Å². The summed E-state index contributed by atoms with van der Waals surface area (Å²) < 4.78 is 6.37. The van der Waals surface area contributed by atoms with E-state index < -0.39 is 0 Å². The smallest absolute Gasteiger partial charge is 0.224 e. The van der Waals surface area contributed by atoms with Crippen LogP contribution in [-0.4, -0.2) is 18.1 Å². The third-order valence-electron chi connectivity index (χ3n) is 5.62. The average Bonchev–Trinajstić information content (AvgIpc) is 3.12. The molecule has 136 valence electrons. The van der Waals surface area contributed by atoms with Gasteiger partial charge in [-0.3, -0.25) is 4.79 Å². The van der Waals surface area contributed by atoms with E-state index in [-0.39, 0.29) is 24.2 Å². The Kier molecular flexibility index (Phi) is 5.28. The Balaban J connectivity index is 1.46. The summed E-state index contributed by atoms with van der Waals surface area (Å²) in [6.07, 6.45) is 4.91. The van der Waals surface area contributed by atoms with Crippen LogP contribution in [0.25, 0.3) is 0 Å². The second-order valence-corrected chi connectivity index (χ2v) is 7.82. The van der Waals surface area contributed by atoms with Gasteiger partial charge in [0.05, 0.1) is 18.6 Å². The highest BCUT2D eigenvalue weighted by atomic mass is 35.5. The van der Waals surface area contributed by atoms with Crippen LogP contribution in [0.1, 0.15) is 42.9 Å². The van der Waals surface area contributed by atoms with Crippen molar-refractivity contribution in [1.82, 2.24) is 5.32 Å². The van der Waals surface area contributed by atoms with Crippen LogP contribution < -0.4 is 5.32 Å². The highest BCUT2D eigenvalue weighted by molar-refractivity contribution is 6.30. The molecule has 1 saturated carbocycles.